The lowest BCUT2D eigenvalue weighted by Gasteiger charge is -2.09. The number of hydrogen-bond donors (Lipinski definition) is 1. The Hall–Kier alpha value is -2.30. The zero-order valence-electron chi connectivity index (χ0n) is 9.30. The van der Waals surface area contributed by atoms with E-state index in [1.54, 1.807) is 33.4 Å². The van der Waals surface area contributed by atoms with Crippen LogP contribution in [-0.2, 0) is 6.54 Å². The van der Waals surface area contributed by atoms with Gasteiger partial charge < -0.3 is 9.55 Å². The van der Waals surface area contributed by atoms with Crippen molar-refractivity contribution in [2.24, 2.45) is 0 Å². The number of rotatable bonds is 1. The minimum Gasteiger partial charge on any atom is -0.306 e. The molecule has 0 saturated heterocycles. The molecule has 0 unspecified atom stereocenters. The third-order valence-electron chi connectivity index (χ3n) is 2.94. The zero-order valence-corrected chi connectivity index (χ0v) is 9.30. The topological polar surface area (TPSA) is 59.3 Å². The monoisotopic (exact) mass is 229 g/mol. The third-order valence-corrected chi connectivity index (χ3v) is 2.94. The molecule has 3 rings (SSSR count). The van der Waals surface area contributed by atoms with Gasteiger partial charge in [0, 0.05) is 18.8 Å². The lowest BCUT2D eigenvalue weighted by Crippen LogP contribution is -2.23. The number of hydrogen-bond acceptors (Lipinski definition) is 2. The van der Waals surface area contributed by atoms with Crippen LogP contribution in [0.1, 0.15) is 6.92 Å². The first-order valence-electron chi connectivity index (χ1n) is 5.45. The van der Waals surface area contributed by atoms with Gasteiger partial charge in [-0.15, -0.1) is 0 Å². The van der Waals surface area contributed by atoms with Crippen LogP contribution in [0.4, 0.5) is 0 Å². The van der Waals surface area contributed by atoms with E-state index >= 15 is 0 Å². The highest BCUT2D eigenvalue weighted by Crippen LogP contribution is 2.10. The lowest BCUT2D eigenvalue weighted by atomic mass is 10.3. The third kappa shape index (κ3) is 1.25. The van der Waals surface area contributed by atoms with Crippen LogP contribution < -0.4 is 11.1 Å². The van der Waals surface area contributed by atoms with Gasteiger partial charge in [0.25, 0.3) is 5.56 Å². The van der Waals surface area contributed by atoms with Crippen LogP contribution >= 0.6 is 0 Å². The van der Waals surface area contributed by atoms with E-state index in [0.29, 0.717) is 17.7 Å². The average Bonchev–Trinajstić information content (AvgIpc) is 2.80. The van der Waals surface area contributed by atoms with Crippen LogP contribution in [0.25, 0.3) is 16.7 Å². The quantitative estimate of drug-likeness (QED) is 0.675. The van der Waals surface area contributed by atoms with Gasteiger partial charge in [-0.1, -0.05) is 0 Å². The van der Waals surface area contributed by atoms with E-state index in [9.17, 15) is 9.59 Å². The molecule has 0 aliphatic heterocycles. The summed E-state index contributed by atoms with van der Waals surface area (Å²) in [5, 5.41) is 0. The van der Waals surface area contributed by atoms with Gasteiger partial charge in [0.05, 0.1) is 5.52 Å². The van der Waals surface area contributed by atoms with Crippen molar-refractivity contribution in [1.82, 2.24) is 14.0 Å². The van der Waals surface area contributed by atoms with Crippen LogP contribution in [0.15, 0.2) is 40.1 Å². The number of pyridine rings is 1. The molecule has 17 heavy (non-hydrogen) atoms. The molecule has 0 aromatic carbocycles. The molecule has 0 aliphatic carbocycles. The Labute approximate surface area is 95.9 Å². The number of aryl methyl sites for hydroxylation is 1. The van der Waals surface area contributed by atoms with Crippen molar-refractivity contribution < 1.29 is 0 Å². The molecule has 5 nitrogen and oxygen atoms in total. The van der Waals surface area contributed by atoms with Gasteiger partial charge in [-0.25, -0.2) is 0 Å². The first kappa shape index (κ1) is 9.89. The fourth-order valence-electron chi connectivity index (χ4n) is 2.17. The molecule has 0 saturated carbocycles. The molecule has 3 heterocycles. The second-order valence-corrected chi connectivity index (χ2v) is 3.87. The van der Waals surface area contributed by atoms with E-state index in [1.165, 1.54) is 6.07 Å². The van der Waals surface area contributed by atoms with Gasteiger partial charge >= 0.3 is 0 Å². The Morgan fingerprint density at radius 3 is 2.76 bits per heavy atom. The molecule has 0 atom stereocenters. The van der Waals surface area contributed by atoms with Crippen molar-refractivity contribution in [2.45, 2.75) is 13.5 Å². The second-order valence-electron chi connectivity index (χ2n) is 3.87. The highest BCUT2D eigenvalue weighted by Gasteiger charge is 2.09. The molecule has 0 radical (unpaired) electrons. The summed E-state index contributed by atoms with van der Waals surface area (Å²) in [6.45, 7) is 2.48. The number of aromatic nitrogens is 3. The smallest absolute Gasteiger partial charge is 0.275 e. The predicted octanol–water partition coefficient (Wildman–Crippen LogP) is 0.962. The number of nitrogens with one attached hydrogen (secondary N) is 1. The highest BCUT2D eigenvalue weighted by atomic mass is 16.1. The van der Waals surface area contributed by atoms with Gasteiger partial charge in [-0.2, -0.15) is 0 Å². The fraction of sp³-hybridized carbons (Fsp3) is 0.167. The summed E-state index contributed by atoms with van der Waals surface area (Å²) < 4.78 is 3.37. The van der Waals surface area contributed by atoms with Crippen molar-refractivity contribution in [3.05, 3.63) is 51.2 Å². The van der Waals surface area contributed by atoms with Crippen LogP contribution in [0.2, 0.25) is 0 Å². The molecular formula is C12H11N3O2. The van der Waals surface area contributed by atoms with Gasteiger partial charge in [0.15, 0.2) is 0 Å². The summed E-state index contributed by atoms with van der Waals surface area (Å²) in [4.78, 5) is 26.3. The van der Waals surface area contributed by atoms with Crippen LogP contribution in [0.3, 0.4) is 0 Å². The standard InChI is InChI=1S/C12H11N3O2/c1-2-14-8-5-6-10(16)13-11(8)15-7-3-4-9(15)12(14)17/h3-7H,2H2,1H3,(H,13,16). The highest BCUT2D eigenvalue weighted by molar-refractivity contribution is 5.74. The molecule has 0 aliphatic rings. The summed E-state index contributed by atoms with van der Waals surface area (Å²) in [6, 6.07) is 6.66. The Balaban J connectivity index is 2.72. The number of fused-ring (bicyclic) bond motifs is 3. The van der Waals surface area contributed by atoms with E-state index < -0.39 is 0 Å². The van der Waals surface area contributed by atoms with E-state index in [4.69, 9.17) is 0 Å². The SMILES string of the molecule is CCn1c(=O)c2cccn2c2[nH]c(=O)ccc21. The molecule has 0 fully saturated rings. The first-order chi connectivity index (χ1) is 8.22. The minimum atomic E-state index is -0.172. The molecular weight excluding hydrogens is 218 g/mol. The average molecular weight is 229 g/mol. The van der Waals surface area contributed by atoms with E-state index in [0.717, 1.165) is 5.52 Å². The Morgan fingerprint density at radius 1 is 1.18 bits per heavy atom. The van der Waals surface area contributed by atoms with E-state index in [1.807, 2.05) is 6.92 Å². The summed E-state index contributed by atoms with van der Waals surface area (Å²) in [7, 11) is 0. The fourth-order valence-corrected chi connectivity index (χ4v) is 2.17. The van der Waals surface area contributed by atoms with Crippen molar-refractivity contribution in [2.75, 3.05) is 0 Å². The first-order valence-corrected chi connectivity index (χ1v) is 5.45. The molecule has 0 bridgehead atoms. The molecule has 3 aromatic rings. The summed E-state index contributed by atoms with van der Waals surface area (Å²) >= 11 is 0. The number of aromatic amines is 1. The Bertz CT molecular complexity index is 823. The van der Waals surface area contributed by atoms with E-state index in [-0.39, 0.29) is 11.1 Å². The largest absolute Gasteiger partial charge is 0.306 e. The lowest BCUT2D eigenvalue weighted by molar-refractivity contribution is 0.756. The van der Waals surface area contributed by atoms with Gasteiger partial charge in [-0.05, 0) is 25.1 Å². The van der Waals surface area contributed by atoms with Gasteiger partial charge in [-0.3, -0.25) is 14.0 Å². The van der Waals surface area contributed by atoms with Crippen LogP contribution in [0.5, 0.6) is 0 Å². The summed E-state index contributed by atoms with van der Waals surface area (Å²) in [5.74, 6) is 0. The van der Waals surface area contributed by atoms with Gasteiger partial charge in [0.2, 0.25) is 5.56 Å². The van der Waals surface area contributed by atoms with Crippen molar-refractivity contribution in [3.63, 3.8) is 0 Å². The Morgan fingerprint density at radius 2 is 2.00 bits per heavy atom. The van der Waals surface area contributed by atoms with E-state index in [2.05, 4.69) is 4.98 Å². The number of H-pyrrole nitrogens is 1. The van der Waals surface area contributed by atoms with Crippen LogP contribution in [0, 0.1) is 0 Å². The maximum atomic E-state index is 12.2. The van der Waals surface area contributed by atoms with Crippen molar-refractivity contribution in [1.29, 1.82) is 0 Å². The minimum absolute atomic E-state index is 0.0444. The zero-order chi connectivity index (χ0) is 12.0. The molecule has 1 N–H and O–H groups in total. The normalized spacial score (nSPS) is 11.4. The summed E-state index contributed by atoms with van der Waals surface area (Å²) in [6.07, 6.45) is 1.77. The Kier molecular flexibility index (Phi) is 1.95. The molecule has 3 aromatic heterocycles. The van der Waals surface area contributed by atoms with Crippen LogP contribution in [-0.4, -0.2) is 14.0 Å². The molecule has 86 valence electrons. The summed E-state index contributed by atoms with van der Waals surface area (Å²) in [5.41, 5.74) is 1.74. The van der Waals surface area contributed by atoms with Crippen molar-refractivity contribution in [3.8, 4) is 0 Å². The maximum Gasteiger partial charge on any atom is 0.275 e. The molecule has 0 spiro atoms. The maximum absolute atomic E-state index is 12.2. The molecule has 0 amide bonds. The predicted molar refractivity (Wildman–Crippen MR) is 65.5 cm³/mol. The molecule has 5 heteroatoms. The van der Waals surface area contributed by atoms with Crippen molar-refractivity contribution >= 4 is 16.7 Å². The van der Waals surface area contributed by atoms with Gasteiger partial charge in [0.1, 0.15) is 11.2 Å². The second kappa shape index (κ2) is 3.35. The number of nitrogens with zero attached hydrogens (tertiary/aromatic N) is 2.